The number of guanidine groups is 1. The van der Waals surface area contributed by atoms with Crippen molar-refractivity contribution in [1.82, 2.24) is 15.6 Å². The normalized spacial score (nSPS) is 13.6. The summed E-state index contributed by atoms with van der Waals surface area (Å²) in [5.74, 6) is 0.584. The molecular formula is C14H20ClF3N4O. The van der Waals surface area contributed by atoms with E-state index in [1.54, 1.807) is 7.05 Å². The van der Waals surface area contributed by atoms with Gasteiger partial charge in [0.15, 0.2) is 5.96 Å². The fourth-order valence-corrected chi connectivity index (χ4v) is 1.75. The van der Waals surface area contributed by atoms with Crippen molar-refractivity contribution in [3.05, 3.63) is 22.8 Å². The van der Waals surface area contributed by atoms with Crippen molar-refractivity contribution in [2.24, 2.45) is 4.99 Å². The van der Waals surface area contributed by atoms with Crippen LogP contribution >= 0.6 is 11.6 Å². The first-order chi connectivity index (χ1) is 10.8. The molecular weight excluding hydrogens is 333 g/mol. The van der Waals surface area contributed by atoms with Crippen molar-refractivity contribution in [2.45, 2.75) is 32.5 Å². The summed E-state index contributed by atoms with van der Waals surface area (Å²) in [6.07, 6.45) is -2.84. The number of pyridine rings is 1. The minimum atomic E-state index is -4.48. The van der Waals surface area contributed by atoms with Gasteiger partial charge < -0.3 is 15.4 Å². The van der Waals surface area contributed by atoms with Crippen LogP contribution in [0.5, 0.6) is 5.88 Å². The van der Waals surface area contributed by atoms with Crippen molar-refractivity contribution < 1.29 is 17.9 Å². The molecule has 0 aliphatic rings. The summed E-state index contributed by atoms with van der Waals surface area (Å²) in [5.41, 5.74) is -0.911. The molecule has 0 saturated carbocycles. The predicted molar refractivity (Wildman–Crippen MR) is 84.0 cm³/mol. The Morgan fingerprint density at radius 1 is 1.48 bits per heavy atom. The average molecular weight is 353 g/mol. The molecule has 1 aromatic heterocycles. The van der Waals surface area contributed by atoms with E-state index in [1.165, 1.54) is 0 Å². The Labute approximate surface area is 138 Å². The number of alkyl halides is 3. The topological polar surface area (TPSA) is 58.5 Å². The van der Waals surface area contributed by atoms with Gasteiger partial charge in [-0.2, -0.15) is 13.2 Å². The minimum absolute atomic E-state index is 0.0358. The van der Waals surface area contributed by atoms with Crippen LogP contribution in [0.3, 0.4) is 0 Å². The maximum absolute atomic E-state index is 12.5. The van der Waals surface area contributed by atoms with Crippen LogP contribution in [-0.4, -0.2) is 37.2 Å². The van der Waals surface area contributed by atoms with Gasteiger partial charge >= 0.3 is 6.18 Å². The van der Waals surface area contributed by atoms with Crippen LogP contribution in [0.1, 0.15) is 25.8 Å². The summed E-state index contributed by atoms with van der Waals surface area (Å²) in [6.45, 7) is 4.65. The number of ether oxygens (including phenoxy) is 1. The van der Waals surface area contributed by atoms with E-state index in [0.717, 1.165) is 12.5 Å². The summed E-state index contributed by atoms with van der Waals surface area (Å²) in [6, 6.07) is 1.06. The highest BCUT2D eigenvalue weighted by Crippen LogP contribution is 2.32. The first kappa shape index (κ1) is 19.3. The molecule has 0 aliphatic carbocycles. The highest BCUT2D eigenvalue weighted by atomic mass is 35.5. The maximum atomic E-state index is 12.5. The van der Waals surface area contributed by atoms with E-state index in [0.29, 0.717) is 18.7 Å². The van der Waals surface area contributed by atoms with E-state index in [4.69, 9.17) is 16.3 Å². The molecule has 0 bridgehead atoms. The number of halogens is 4. The number of hydrogen-bond acceptors (Lipinski definition) is 3. The standard InChI is InChI=1S/C14H20ClF3N4O/c1-4-9(2)22-13(19-3)20-5-6-23-12-11(15)7-10(8-21-12)14(16,17)18/h7-9H,4-6H2,1-3H3,(H2,19,20,22). The summed E-state index contributed by atoms with van der Waals surface area (Å²) in [7, 11) is 1.65. The second kappa shape index (κ2) is 8.81. The van der Waals surface area contributed by atoms with Gasteiger partial charge in [0, 0.05) is 19.3 Å². The van der Waals surface area contributed by atoms with Crippen LogP contribution in [0, 0.1) is 0 Å². The SMILES string of the molecule is CCC(C)NC(=NC)NCCOc1ncc(C(F)(F)F)cc1Cl. The Bertz CT molecular complexity index is 537. The van der Waals surface area contributed by atoms with E-state index in [1.807, 2.05) is 13.8 Å². The Kier molecular flexibility index (Phi) is 7.41. The van der Waals surface area contributed by atoms with Gasteiger partial charge in [-0.1, -0.05) is 18.5 Å². The van der Waals surface area contributed by atoms with Crippen molar-refractivity contribution in [3.63, 3.8) is 0 Å². The Hall–Kier alpha value is -1.70. The molecule has 0 saturated heterocycles. The van der Waals surface area contributed by atoms with Gasteiger partial charge in [0.2, 0.25) is 5.88 Å². The Balaban J connectivity index is 2.47. The number of aliphatic imine (C=N–C) groups is 1. The number of nitrogens with zero attached hydrogens (tertiary/aromatic N) is 2. The van der Waals surface area contributed by atoms with E-state index >= 15 is 0 Å². The van der Waals surface area contributed by atoms with Gasteiger partial charge in [0.25, 0.3) is 0 Å². The van der Waals surface area contributed by atoms with Gasteiger partial charge in [-0.05, 0) is 19.4 Å². The van der Waals surface area contributed by atoms with Gasteiger partial charge in [0.05, 0.1) is 12.1 Å². The molecule has 130 valence electrons. The van der Waals surface area contributed by atoms with Crippen molar-refractivity contribution in [1.29, 1.82) is 0 Å². The molecule has 2 N–H and O–H groups in total. The van der Waals surface area contributed by atoms with Gasteiger partial charge in [-0.15, -0.1) is 0 Å². The second-order valence-corrected chi connectivity index (χ2v) is 5.22. The lowest BCUT2D eigenvalue weighted by molar-refractivity contribution is -0.137. The molecule has 1 atom stereocenters. The largest absolute Gasteiger partial charge is 0.475 e. The monoisotopic (exact) mass is 352 g/mol. The van der Waals surface area contributed by atoms with Crippen molar-refractivity contribution >= 4 is 17.6 Å². The molecule has 23 heavy (non-hydrogen) atoms. The first-order valence-electron chi connectivity index (χ1n) is 7.10. The Morgan fingerprint density at radius 2 is 2.17 bits per heavy atom. The molecule has 0 aromatic carbocycles. The molecule has 0 spiro atoms. The summed E-state index contributed by atoms with van der Waals surface area (Å²) in [5, 5.41) is 6.01. The van der Waals surface area contributed by atoms with E-state index in [-0.39, 0.29) is 23.6 Å². The van der Waals surface area contributed by atoms with E-state index < -0.39 is 11.7 Å². The number of hydrogen-bond donors (Lipinski definition) is 2. The van der Waals surface area contributed by atoms with Gasteiger partial charge in [-0.3, -0.25) is 4.99 Å². The Morgan fingerprint density at radius 3 is 2.70 bits per heavy atom. The van der Waals surface area contributed by atoms with Gasteiger partial charge in [-0.25, -0.2) is 4.98 Å². The zero-order chi connectivity index (χ0) is 17.5. The third-order valence-electron chi connectivity index (χ3n) is 2.99. The molecule has 0 fully saturated rings. The molecule has 0 amide bonds. The fourth-order valence-electron chi connectivity index (χ4n) is 1.53. The molecule has 1 unspecified atom stereocenters. The molecule has 0 aliphatic heterocycles. The lowest BCUT2D eigenvalue weighted by Crippen LogP contribution is -2.43. The molecule has 1 aromatic rings. The van der Waals surface area contributed by atoms with Crippen LogP contribution in [0.15, 0.2) is 17.3 Å². The third-order valence-corrected chi connectivity index (χ3v) is 3.26. The maximum Gasteiger partial charge on any atom is 0.417 e. The lowest BCUT2D eigenvalue weighted by atomic mass is 10.3. The zero-order valence-electron chi connectivity index (χ0n) is 13.2. The smallest absolute Gasteiger partial charge is 0.417 e. The van der Waals surface area contributed by atoms with E-state index in [9.17, 15) is 13.2 Å². The molecule has 1 heterocycles. The molecule has 0 radical (unpaired) electrons. The highest BCUT2D eigenvalue weighted by molar-refractivity contribution is 6.31. The summed E-state index contributed by atoms with van der Waals surface area (Å²) in [4.78, 5) is 7.64. The first-order valence-corrected chi connectivity index (χ1v) is 7.48. The second-order valence-electron chi connectivity index (χ2n) is 4.81. The number of rotatable bonds is 6. The summed E-state index contributed by atoms with van der Waals surface area (Å²) < 4.78 is 42.8. The van der Waals surface area contributed by atoms with Crippen LogP contribution in [0.4, 0.5) is 13.2 Å². The quantitative estimate of drug-likeness (QED) is 0.469. The van der Waals surface area contributed by atoms with Crippen LogP contribution in [-0.2, 0) is 6.18 Å². The number of aromatic nitrogens is 1. The van der Waals surface area contributed by atoms with Gasteiger partial charge in [0.1, 0.15) is 11.6 Å². The third kappa shape index (κ3) is 6.52. The predicted octanol–water partition coefficient (Wildman–Crippen LogP) is 3.10. The van der Waals surface area contributed by atoms with Crippen LogP contribution < -0.4 is 15.4 Å². The fraction of sp³-hybridized carbons (Fsp3) is 0.571. The summed E-state index contributed by atoms with van der Waals surface area (Å²) >= 11 is 5.75. The van der Waals surface area contributed by atoms with Crippen LogP contribution in [0.2, 0.25) is 5.02 Å². The van der Waals surface area contributed by atoms with Crippen LogP contribution in [0.25, 0.3) is 0 Å². The minimum Gasteiger partial charge on any atom is -0.475 e. The molecule has 1 rings (SSSR count). The zero-order valence-corrected chi connectivity index (χ0v) is 13.9. The molecule has 9 heteroatoms. The van der Waals surface area contributed by atoms with E-state index in [2.05, 4.69) is 20.6 Å². The van der Waals surface area contributed by atoms with Crippen molar-refractivity contribution in [2.75, 3.05) is 20.2 Å². The lowest BCUT2D eigenvalue weighted by Gasteiger charge is -2.16. The highest BCUT2D eigenvalue weighted by Gasteiger charge is 2.31. The van der Waals surface area contributed by atoms with Crippen molar-refractivity contribution in [3.8, 4) is 5.88 Å². The number of nitrogens with one attached hydrogen (secondary N) is 2. The molecule has 5 nitrogen and oxygen atoms in total. The average Bonchev–Trinajstić information content (AvgIpc) is 2.50.